The molecule has 1 fully saturated rings. The van der Waals surface area contributed by atoms with Crippen LogP contribution in [0.15, 0.2) is 0 Å². The molecule has 21 heavy (non-hydrogen) atoms. The zero-order chi connectivity index (χ0) is 14.4. The first-order chi connectivity index (χ1) is 10.2. The number of halogens is 2. The average molecular weight is 312 g/mol. The number of aromatic nitrogens is 5. The van der Waals surface area contributed by atoms with E-state index in [-0.39, 0.29) is 5.82 Å². The Balaban J connectivity index is 1.50. The number of rotatable bonds is 4. The van der Waals surface area contributed by atoms with Gasteiger partial charge in [-0.1, -0.05) is 0 Å². The summed E-state index contributed by atoms with van der Waals surface area (Å²) in [6.07, 6.45) is 0.926. The highest BCUT2D eigenvalue weighted by molar-refractivity contribution is 7.09. The van der Waals surface area contributed by atoms with E-state index in [4.69, 9.17) is 0 Å². The fraction of sp³-hybridized carbons (Fsp3) is 0.667. The summed E-state index contributed by atoms with van der Waals surface area (Å²) in [6.45, 7) is 1.54. The summed E-state index contributed by atoms with van der Waals surface area (Å²) < 4.78 is 31.5. The Morgan fingerprint density at radius 2 is 2.10 bits per heavy atom. The van der Waals surface area contributed by atoms with Gasteiger partial charge in [-0.15, -0.1) is 10.2 Å². The smallest absolute Gasteiger partial charge is 0.297 e. The molecule has 1 aliphatic carbocycles. The van der Waals surface area contributed by atoms with E-state index in [0.717, 1.165) is 23.3 Å². The largest absolute Gasteiger partial charge is 0.338 e. The molecule has 2 aromatic heterocycles. The molecular weight excluding hydrogens is 298 g/mol. The highest BCUT2D eigenvalue weighted by Crippen LogP contribution is 2.33. The molecule has 3 heterocycles. The van der Waals surface area contributed by atoms with Gasteiger partial charge in [0.1, 0.15) is 5.82 Å². The highest BCUT2D eigenvalue weighted by Gasteiger charge is 2.28. The normalized spacial score (nSPS) is 18.3. The fourth-order valence-corrected chi connectivity index (χ4v) is 3.26. The molecule has 0 bridgehead atoms. The maximum atomic E-state index is 12.8. The van der Waals surface area contributed by atoms with Gasteiger partial charge in [-0.25, -0.2) is 13.8 Å². The van der Waals surface area contributed by atoms with Gasteiger partial charge in [-0.3, -0.25) is 0 Å². The second kappa shape index (κ2) is 4.97. The molecule has 0 N–H and O–H groups in total. The lowest BCUT2D eigenvalue weighted by atomic mass is 10.3. The summed E-state index contributed by atoms with van der Waals surface area (Å²) in [4.78, 5) is 6.59. The number of nitrogens with zero attached hydrogens (tertiary/aromatic N) is 6. The molecule has 0 unspecified atom stereocenters. The third-order valence-corrected chi connectivity index (χ3v) is 4.69. The van der Waals surface area contributed by atoms with E-state index >= 15 is 0 Å². The fourth-order valence-electron chi connectivity index (χ4n) is 2.54. The Hall–Kier alpha value is -1.64. The highest BCUT2D eigenvalue weighted by atomic mass is 32.1. The van der Waals surface area contributed by atoms with Crippen LogP contribution in [-0.2, 0) is 19.5 Å². The van der Waals surface area contributed by atoms with Gasteiger partial charge in [0.2, 0.25) is 5.13 Å². The summed E-state index contributed by atoms with van der Waals surface area (Å²) in [6, 6.07) is 0. The molecule has 6 nitrogen and oxygen atoms in total. The van der Waals surface area contributed by atoms with Crippen molar-refractivity contribution in [3.8, 4) is 0 Å². The Kier molecular flexibility index (Phi) is 3.09. The van der Waals surface area contributed by atoms with Crippen LogP contribution in [0.1, 0.15) is 36.7 Å². The summed E-state index contributed by atoms with van der Waals surface area (Å²) in [5, 5.41) is 8.29. The van der Waals surface area contributed by atoms with Crippen molar-refractivity contribution in [2.75, 3.05) is 11.4 Å². The van der Waals surface area contributed by atoms with E-state index in [1.807, 2.05) is 4.90 Å². The number of anilines is 1. The predicted octanol–water partition coefficient (Wildman–Crippen LogP) is 2.04. The monoisotopic (exact) mass is 312 g/mol. The molecule has 0 saturated heterocycles. The van der Waals surface area contributed by atoms with Crippen molar-refractivity contribution in [3.63, 3.8) is 0 Å². The van der Waals surface area contributed by atoms with Crippen LogP contribution in [0.25, 0.3) is 0 Å². The number of hydrogen-bond acceptors (Lipinski definition) is 6. The van der Waals surface area contributed by atoms with Crippen molar-refractivity contribution in [3.05, 3.63) is 17.5 Å². The number of hydrogen-bond donors (Lipinski definition) is 0. The first kappa shape index (κ1) is 13.1. The minimum Gasteiger partial charge on any atom is -0.338 e. The Labute approximate surface area is 124 Å². The van der Waals surface area contributed by atoms with E-state index < -0.39 is 6.43 Å². The van der Waals surface area contributed by atoms with Crippen LogP contribution < -0.4 is 4.90 Å². The van der Waals surface area contributed by atoms with Crippen LogP contribution >= 0.6 is 11.5 Å². The zero-order valence-corrected chi connectivity index (χ0v) is 12.1. The third kappa shape index (κ3) is 2.50. The van der Waals surface area contributed by atoms with Crippen LogP contribution in [-0.4, -0.2) is 30.7 Å². The van der Waals surface area contributed by atoms with Crippen LogP contribution in [0.2, 0.25) is 0 Å². The quantitative estimate of drug-likeness (QED) is 0.864. The molecule has 0 atom stereocenters. The minimum absolute atomic E-state index is 0.240. The van der Waals surface area contributed by atoms with Crippen LogP contribution in [0.4, 0.5) is 13.9 Å². The third-order valence-electron chi connectivity index (χ3n) is 3.87. The molecule has 0 aromatic carbocycles. The minimum atomic E-state index is -2.58. The maximum Gasteiger partial charge on any atom is 0.297 e. The molecule has 1 saturated carbocycles. The lowest BCUT2D eigenvalue weighted by Gasteiger charge is -2.26. The predicted molar refractivity (Wildman–Crippen MR) is 72.4 cm³/mol. The lowest BCUT2D eigenvalue weighted by Crippen LogP contribution is -2.34. The van der Waals surface area contributed by atoms with Crippen LogP contribution in [0.5, 0.6) is 0 Å². The summed E-state index contributed by atoms with van der Waals surface area (Å²) in [5.74, 6) is 1.98. The molecule has 0 radical (unpaired) electrons. The molecule has 9 heteroatoms. The molecule has 4 rings (SSSR count). The molecule has 0 amide bonds. The molecule has 112 valence electrons. The number of fused-ring (bicyclic) bond motifs is 1. The molecule has 1 aliphatic heterocycles. The second-order valence-corrected chi connectivity index (χ2v) is 6.22. The SMILES string of the molecule is FC(F)c1nnc2n1CCN(c1nc(CC3CC3)ns1)C2. The Morgan fingerprint density at radius 3 is 2.86 bits per heavy atom. The Morgan fingerprint density at radius 1 is 1.24 bits per heavy atom. The van der Waals surface area contributed by atoms with Crippen molar-refractivity contribution in [2.24, 2.45) is 5.92 Å². The van der Waals surface area contributed by atoms with Crippen molar-refractivity contribution < 1.29 is 8.78 Å². The maximum absolute atomic E-state index is 12.8. The van der Waals surface area contributed by atoms with Gasteiger partial charge in [0.15, 0.2) is 11.6 Å². The van der Waals surface area contributed by atoms with Crippen LogP contribution in [0.3, 0.4) is 0 Å². The van der Waals surface area contributed by atoms with E-state index in [2.05, 4.69) is 19.6 Å². The molecule has 0 spiro atoms. The van der Waals surface area contributed by atoms with E-state index in [1.54, 1.807) is 0 Å². The average Bonchev–Trinajstić information content (AvgIpc) is 3.00. The Bertz CT molecular complexity index is 650. The first-order valence-electron chi connectivity index (χ1n) is 6.98. The molecule has 2 aromatic rings. The van der Waals surface area contributed by atoms with Crippen molar-refractivity contribution >= 4 is 16.7 Å². The van der Waals surface area contributed by atoms with Gasteiger partial charge >= 0.3 is 0 Å². The number of alkyl halides is 2. The standard InChI is InChI=1S/C12H14F2N6S/c13-10(14)11-17-16-9-6-19(3-4-20(9)11)12-15-8(18-21-12)5-7-1-2-7/h7,10H,1-6H2. The first-order valence-corrected chi connectivity index (χ1v) is 7.75. The van der Waals surface area contributed by atoms with Crippen molar-refractivity contribution in [2.45, 2.75) is 38.8 Å². The van der Waals surface area contributed by atoms with Gasteiger partial charge in [0, 0.05) is 31.0 Å². The van der Waals surface area contributed by atoms with Gasteiger partial charge in [0.05, 0.1) is 6.54 Å². The van der Waals surface area contributed by atoms with E-state index in [9.17, 15) is 8.78 Å². The summed E-state index contributed by atoms with van der Waals surface area (Å²) >= 11 is 1.37. The summed E-state index contributed by atoms with van der Waals surface area (Å²) in [5.41, 5.74) is 0. The van der Waals surface area contributed by atoms with Gasteiger partial charge in [-0.05, 0) is 18.8 Å². The van der Waals surface area contributed by atoms with Crippen molar-refractivity contribution in [1.82, 2.24) is 24.1 Å². The summed E-state index contributed by atoms with van der Waals surface area (Å²) in [7, 11) is 0. The molecule has 2 aliphatic rings. The van der Waals surface area contributed by atoms with E-state index in [0.29, 0.717) is 25.5 Å². The second-order valence-electron chi connectivity index (χ2n) is 5.49. The van der Waals surface area contributed by atoms with Crippen molar-refractivity contribution in [1.29, 1.82) is 0 Å². The van der Waals surface area contributed by atoms with E-state index in [1.165, 1.54) is 28.9 Å². The lowest BCUT2D eigenvalue weighted by molar-refractivity contribution is 0.134. The van der Waals surface area contributed by atoms with Gasteiger partial charge < -0.3 is 9.47 Å². The van der Waals surface area contributed by atoms with Gasteiger partial charge in [-0.2, -0.15) is 4.37 Å². The topological polar surface area (TPSA) is 59.7 Å². The zero-order valence-electron chi connectivity index (χ0n) is 11.2. The van der Waals surface area contributed by atoms with Crippen LogP contribution in [0, 0.1) is 5.92 Å². The van der Waals surface area contributed by atoms with Gasteiger partial charge in [0.25, 0.3) is 6.43 Å². The molecular formula is C12H14F2N6S.